The van der Waals surface area contributed by atoms with Crippen molar-refractivity contribution in [3.63, 3.8) is 0 Å². The minimum Gasteiger partial charge on any atom is -0.342 e. The number of alkyl halides is 3. The zero-order valence-electron chi connectivity index (χ0n) is 11.2. The summed E-state index contributed by atoms with van der Waals surface area (Å²) in [5.74, 6) is -1.48. The molecule has 6 heteroatoms. The van der Waals surface area contributed by atoms with Gasteiger partial charge in [0.25, 0.3) is 0 Å². The van der Waals surface area contributed by atoms with Crippen LogP contribution in [-0.4, -0.2) is 36.6 Å². The number of piperidine rings is 1. The number of rotatable bonds is 6. The number of carbonyl (C=O) groups is 1. The molecule has 0 aromatic rings. The Hall–Kier alpha value is -0.780. The van der Waals surface area contributed by atoms with Gasteiger partial charge in [0, 0.05) is 19.5 Å². The SMILES string of the molecule is NCCCCCCC(=O)N1CCCC(C(F)(F)F)C1. The largest absolute Gasteiger partial charge is 0.393 e. The second-order valence-electron chi connectivity index (χ2n) is 5.17. The monoisotopic (exact) mass is 280 g/mol. The second kappa shape index (κ2) is 7.72. The van der Waals surface area contributed by atoms with Crippen LogP contribution in [0.1, 0.15) is 44.9 Å². The molecule has 1 fully saturated rings. The van der Waals surface area contributed by atoms with E-state index in [4.69, 9.17) is 5.73 Å². The van der Waals surface area contributed by atoms with Crippen LogP contribution in [0.5, 0.6) is 0 Å². The molecule has 1 rings (SSSR count). The van der Waals surface area contributed by atoms with Gasteiger partial charge in [-0.05, 0) is 32.2 Å². The van der Waals surface area contributed by atoms with Crippen LogP contribution in [0.15, 0.2) is 0 Å². The zero-order chi connectivity index (χ0) is 14.3. The van der Waals surface area contributed by atoms with Gasteiger partial charge in [-0.1, -0.05) is 12.8 Å². The Morgan fingerprint density at radius 1 is 1.21 bits per heavy atom. The van der Waals surface area contributed by atoms with E-state index in [0.29, 0.717) is 25.9 Å². The number of nitrogens with two attached hydrogens (primary N) is 1. The summed E-state index contributed by atoms with van der Waals surface area (Å²) in [6, 6.07) is 0. The molecule has 2 N–H and O–H groups in total. The maximum absolute atomic E-state index is 12.6. The van der Waals surface area contributed by atoms with Gasteiger partial charge in [0.1, 0.15) is 0 Å². The third kappa shape index (κ3) is 5.80. The molecule has 1 amide bonds. The topological polar surface area (TPSA) is 46.3 Å². The fourth-order valence-electron chi connectivity index (χ4n) is 2.40. The molecule has 0 aliphatic carbocycles. The summed E-state index contributed by atoms with van der Waals surface area (Å²) in [5, 5.41) is 0. The van der Waals surface area contributed by atoms with Gasteiger partial charge >= 0.3 is 6.18 Å². The van der Waals surface area contributed by atoms with Gasteiger partial charge in [-0.2, -0.15) is 13.2 Å². The smallest absolute Gasteiger partial charge is 0.342 e. The molecule has 0 radical (unpaired) electrons. The number of halogens is 3. The van der Waals surface area contributed by atoms with Crippen molar-refractivity contribution in [3.05, 3.63) is 0 Å². The molecule has 0 bridgehead atoms. The van der Waals surface area contributed by atoms with Crippen molar-refractivity contribution < 1.29 is 18.0 Å². The number of nitrogens with zero attached hydrogens (tertiary/aromatic N) is 1. The highest BCUT2D eigenvalue weighted by Gasteiger charge is 2.42. The zero-order valence-corrected chi connectivity index (χ0v) is 11.2. The van der Waals surface area contributed by atoms with Crippen molar-refractivity contribution in [2.45, 2.75) is 51.1 Å². The molecule has 112 valence electrons. The first-order valence-electron chi connectivity index (χ1n) is 6.99. The molecule has 3 nitrogen and oxygen atoms in total. The summed E-state index contributed by atoms with van der Waals surface area (Å²) in [6.07, 6.45) is 0.344. The molecule has 1 heterocycles. The van der Waals surface area contributed by atoms with Gasteiger partial charge in [-0.3, -0.25) is 4.79 Å². The number of unbranched alkanes of at least 4 members (excludes halogenated alkanes) is 3. The maximum atomic E-state index is 12.6. The molecule has 1 atom stereocenters. The van der Waals surface area contributed by atoms with Gasteiger partial charge in [0.05, 0.1) is 5.92 Å². The minimum atomic E-state index is -4.18. The fourth-order valence-corrected chi connectivity index (χ4v) is 2.40. The quantitative estimate of drug-likeness (QED) is 0.760. The molecule has 1 unspecified atom stereocenters. The van der Waals surface area contributed by atoms with Crippen LogP contribution in [0.2, 0.25) is 0 Å². The maximum Gasteiger partial charge on any atom is 0.393 e. The Balaban J connectivity index is 2.28. The third-order valence-electron chi connectivity index (χ3n) is 3.58. The van der Waals surface area contributed by atoms with Gasteiger partial charge in [-0.25, -0.2) is 0 Å². The van der Waals surface area contributed by atoms with Gasteiger partial charge in [0.15, 0.2) is 0 Å². The Labute approximate surface area is 112 Å². The van der Waals surface area contributed by atoms with Crippen LogP contribution in [0.25, 0.3) is 0 Å². The first-order chi connectivity index (χ1) is 8.95. The van der Waals surface area contributed by atoms with E-state index in [1.807, 2.05) is 0 Å². The van der Waals surface area contributed by atoms with Crippen molar-refractivity contribution in [1.82, 2.24) is 4.90 Å². The summed E-state index contributed by atoms with van der Waals surface area (Å²) in [6.45, 7) is 0.951. The van der Waals surface area contributed by atoms with Gasteiger partial charge < -0.3 is 10.6 Å². The Kier molecular flexibility index (Phi) is 6.62. The molecule has 1 saturated heterocycles. The predicted molar refractivity (Wildman–Crippen MR) is 67.5 cm³/mol. The summed E-state index contributed by atoms with van der Waals surface area (Å²) in [4.78, 5) is 13.2. The highest BCUT2D eigenvalue weighted by atomic mass is 19.4. The molecule has 0 saturated carbocycles. The summed E-state index contributed by atoms with van der Waals surface area (Å²) in [7, 11) is 0. The van der Waals surface area contributed by atoms with Gasteiger partial charge in [0.2, 0.25) is 5.91 Å². The normalized spacial score (nSPS) is 20.6. The van der Waals surface area contributed by atoms with Crippen LogP contribution in [0.4, 0.5) is 13.2 Å². The number of likely N-dealkylation sites (tertiary alicyclic amines) is 1. The second-order valence-corrected chi connectivity index (χ2v) is 5.17. The van der Waals surface area contributed by atoms with Crippen LogP contribution < -0.4 is 5.73 Å². The fraction of sp³-hybridized carbons (Fsp3) is 0.923. The number of carbonyl (C=O) groups excluding carboxylic acids is 1. The third-order valence-corrected chi connectivity index (χ3v) is 3.58. The highest BCUT2D eigenvalue weighted by molar-refractivity contribution is 5.76. The average molecular weight is 280 g/mol. The highest BCUT2D eigenvalue weighted by Crippen LogP contribution is 2.33. The van der Waals surface area contributed by atoms with Crippen molar-refractivity contribution in [2.24, 2.45) is 11.7 Å². The van der Waals surface area contributed by atoms with Crippen LogP contribution in [0, 0.1) is 5.92 Å². The van der Waals surface area contributed by atoms with Crippen LogP contribution in [0.3, 0.4) is 0 Å². The molecule has 0 aromatic carbocycles. The van der Waals surface area contributed by atoms with Crippen molar-refractivity contribution >= 4 is 5.91 Å². The molecule has 1 aliphatic heterocycles. The van der Waals surface area contributed by atoms with Gasteiger partial charge in [-0.15, -0.1) is 0 Å². The standard InChI is InChI=1S/C13H23F3N2O/c14-13(15,16)11-6-5-9-18(10-11)12(19)7-3-1-2-4-8-17/h11H,1-10,17H2. The van der Waals surface area contributed by atoms with E-state index in [1.165, 1.54) is 4.90 Å². The minimum absolute atomic E-state index is 0.137. The number of hydrogen-bond donors (Lipinski definition) is 1. The van der Waals surface area contributed by atoms with E-state index < -0.39 is 12.1 Å². The first-order valence-corrected chi connectivity index (χ1v) is 6.99. The Morgan fingerprint density at radius 3 is 2.53 bits per heavy atom. The van der Waals surface area contributed by atoms with E-state index >= 15 is 0 Å². The van der Waals surface area contributed by atoms with Crippen LogP contribution >= 0.6 is 0 Å². The molecule has 0 aromatic heterocycles. The number of amides is 1. The Morgan fingerprint density at radius 2 is 1.89 bits per heavy atom. The molecule has 1 aliphatic rings. The van der Waals surface area contributed by atoms with Crippen molar-refractivity contribution in [1.29, 1.82) is 0 Å². The van der Waals surface area contributed by atoms with E-state index in [1.54, 1.807) is 0 Å². The van der Waals surface area contributed by atoms with E-state index in [2.05, 4.69) is 0 Å². The van der Waals surface area contributed by atoms with Crippen LogP contribution in [-0.2, 0) is 4.79 Å². The number of hydrogen-bond acceptors (Lipinski definition) is 2. The Bertz CT molecular complexity index is 282. The summed E-state index contributed by atoms with van der Waals surface area (Å²) < 4.78 is 37.9. The summed E-state index contributed by atoms with van der Waals surface area (Å²) in [5.41, 5.74) is 5.36. The molecule has 19 heavy (non-hydrogen) atoms. The molecular formula is C13H23F3N2O. The lowest BCUT2D eigenvalue weighted by molar-refractivity contribution is -0.188. The van der Waals surface area contributed by atoms with E-state index in [9.17, 15) is 18.0 Å². The van der Waals surface area contributed by atoms with E-state index in [-0.39, 0.29) is 18.9 Å². The predicted octanol–water partition coefficient (Wildman–Crippen LogP) is 2.70. The van der Waals surface area contributed by atoms with Crippen molar-refractivity contribution in [3.8, 4) is 0 Å². The summed E-state index contributed by atoms with van der Waals surface area (Å²) >= 11 is 0. The lowest BCUT2D eigenvalue weighted by atomic mass is 9.97. The molecule has 0 spiro atoms. The lowest BCUT2D eigenvalue weighted by Gasteiger charge is -2.33. The van der Waals surface area contributed by atoms with Crippen molar-refractivity contribution in [2.75, 3.05) is 19.6 Å². The molecular weight excluding hydrogens is 257 g/mol. The van der Waals surface area contributed by atoms with E-state index in [0.717, 1.165) is 25.7 Å². The first kappa shape index (κ1) is 16.3. The average Bonchev–Trinajstić information content (AvgIpc) is 2.37. The lowest BCUT2D eigenvalue weighted by Crippen LogP contribution is -2.44.